The number of piperazine rings is 1. The molecule has 0 unspecified atom stereocenters. The first-order chi connectivity index (χ1) is 16.4. The van der Waals surface area contributed by atoms with Gasteiger partial charge in [-0.1, -0.05) is 62.4 Å². The molecule has 0 saturated carbocycles. The largest absolute Gasteiger partial charge is 0.466 e. The van der Waals surface area contributed by atoms with E-state index in [1.165, 1.54) is 29.9 Å². The third-order valence-electron chi connectivity index (χ3n) is 6.83. The second-order valence-corrected chi connectivity index (χ2v) is 9.44. The summed E-state index contributed by atoms with van der Waals surface area (Å²) in [7, 11) is 1.39. The van der Waals surface area contributed by atoms with Crippen LogP contribution in [-0.4, -0.2) is 66.0 Å². The first kappa shape index (κ1) is 26.1. The Labute approximate surface area is 206 Å². The van der Waals surface area contributed by atoms with E-state index >= 15 is 0 Å². The van der Waals surface area contributed by atoms with Gasteiger partial charge < -0.3 is 4.74 Å². The van der Waals surface area contributed by atoms with Gasteiger partial charge in [-0.15, -0.1) is 0 Å². The normalized spacial score (nSPS) is 19.7. The molecule has 2 aromatic rings. The maximum absolute atomic E-state index is 11.3. The van der Waals surface area contributed by atoms with Crippen LogP contribution in [-0.2, 0) is 29.2 Å². The zero-order valence-electron chi connectivity index (χ0n) is 21.5. The third-order valence-corrected chi connectivity index (χ3v) is 6.83. The number of rotatable bonds is 10. The maximum atomic E-state index is 11.3. The lowest BCUT2D eigenvalue weighted by atomic mass is 10.0. The van der Waals surface area contributed by atoms with Gasteiger partial charge in [0.25, 0.3) is 0 Å². The van der Waals surface area contributed by atoms with Crippen molar-refractivity contribution in [1.29, 1.82) is 0 Å². The molecular weight excluding hydrogens is 422 g/mol. The number of carbonyl (C=O) groups excluding carboxylic acids is 1. The van der Waals surface area contributed by atoms with E-state index in [4.69, 9.17) is 0 Å². The molecule has 5 nitrogen and oxygen atoms in total. The summed E-state index contributed by atoms with van der Waals surface area (Å²) in [4.78, 5) is 19.0. The molecule has 5 heteroatoms. The lowest BCUT2D eigenvalue weighted by Gasteiger charge is -2.44. The first-order valence-electron chi connectivity index (χ1n) is 12.5. The van der Waals surface area contributed by atoms with Crippen molar-refractivity contribution in [2.24, 2.45) is 0 Å². The highest BCUT2D eigenvalue weighted by molar-refractivity contribution is 5.86. The molecule has 1 fully saturated rings. The van der Waals surface area contributed by atoms with Crippen molar-refractivity contribution in [3.05, 3.63) is 76.9 Å². The zero-order valence-corrected chi connectivity index (χ0v) is 21.5. The molecule has 1 heterocycles. The summed E-state index contributed by atoms with van der Waals surface area (Å²) in [6.07, 6.45) is 3.24. The molecule has 34 heavy (non-hydrogen) atoms. The van der Waals surface area contributed by atoms with Crippen LogP contribution in [0.1, 0.15) is 49.9 Å². The Bertz CT molecular complexity index is 925. The summed E-state index contributed by atoms with van der Waals surface area (Å²) >= 11 is 0. The molecule has 2 aromatic carbocycles. The quantitative estimate of drug-likeness (QED) is 0.373. The van der Waals surface area contributed by atoms with Crippen LogP contribution in [0.3, 0.4) is 0 Å². The molecule has 0 aliphatic carbocycles. The van der Waals surface area contributed by atoms with E-state index in [1.807, 2.05) is 0 Å². The fraction of sp³-hybridized carbons (Fsp3) is 0.483. The minimum Gasteiger partial charge on any atom is -0.466 e. The monoisotopic (exact) mass is 463 g/mol. The van der Waals surface area contributed by atoms with Crippen LogP contribution in [0.15, 0.2) is 54.6 Å². The standard InChI is InChI=1S/C29H41N3O2/c1-6-30(7-2)20-27-9-8-10-28(17-27)21-31-18-23(3)32(24(4)19-31)22-26-13-11-25(12-14-26)15-16-29(33)34-5/h8-17,23-24H,6-7,18-22H2,1-5H3/t23-,24+. The Morgan fingerprint density at radius 2 is 1.62 bits per heavy atom. The molecule has 0 bridgehead atoms. The van der Waals surface area contributed by atoms with E-state index in [9.17, 15) is 4.79 Å². The fourth-order valence-electron chi connectivity index (χ4n) is 4.87. The lowest BCUT2D eigenvalue weighted by molar-refractivity contribution is -0.134. The zero-order chi connectivity index (χ0) is 24.5. The van der Waals surface area contributed by atoms with E-state index in [-0.39, 0.29) is 5.97 Å². The van der Waals surface area contributed by atoms with Crippen LogP contribution in [0.5, 0.6) is 0 Å². The average molecular weight is 464 g/mol. The van der Waals surface area contributed by atoms with Crippen molar-refractivity contribution in [1.82, 2.24) is 14.7 Å². The lowest BCUT2D eigenvalue weighted by Crippen LogP contribution is -2.55. The molecular formula is C29H41N3O2. The second kappa shape index (κ2) is 12.8. The first-order valence-corrected chi connectivity index (χ1v) is 12.5. The molecule has 3 rings (SSSR count). The van der Waals surface area contributed by atoms with Crippen LogP contribution < -0.4 is 0 Å². The molecule has 1 aliphatic rings. The smallest absolute Gasteiger partial charge is 0.330 e. The molecule has 0 aromatic heterocycles. The molecule has 0 spiro atoms. The third kappa shape index (κ3) is 7.52. The molecule has 1 saturated heterocycles. The van der Waals surface area contributed by atoms with Gasteiger partial charge in [0.05, 0.1) is 7.11 Å². The van der Waals surface area contributed by atoms with Gasteiger partial charge in [0.2, 0.25) is 0 Å². The van der Waals surface area contributed by atoms with Gasteiger partial charge in [-0.3, -0.25) is 14.7 Å². The predicted molar refractivity (Wildman–Crippen MR) is 140 cm³/mol. The van der Waals surface area contributed by atoms with Gasteiger partial charge >= 0.3 is 5.97 Å². The topological polar surface area (TPSA) is 36.0 Å². The highest BCUT2D eigenvalue weighted by Gasteiger charge is 2.29. The highest BCUT2D eigenvalue weighted by atomic mass is 16.5. The van der Waals surface area contributed by atoms with E-state index in [0.29, 0.717) is 12.1 Å². The van der Waals surface area contributed by atoms with Gasteiger partial charge in [-0.05, 0) is 55.3 Å². The Hall–Kier alpha value is -2.47. The van der Waals surface area contributed by atoms with E-state index in [0.717, 1.165) is 51.4 Å². The van der Waals surface area contributed by atoms with Crippen LogP contribution in [0, 0.1) is 0 Å². The molecule has 184 valence electrons. The molecule has 2 atom stereocenters. The Morgan fingerprint density at radius 3 is 2.24 bits per heavy atom. The Kier molecular flexibility index (Phi) is 9.87. The van der Waals surface area contributed by atoms with Gasteiger partial charge in [0.1, 0.15) is 0 Å². The number of hydrogen-bond donors (Lipinski definition) is 0. The van der Waals surface area contributed by atoms with Gasteiger partial charge in [-0.25, -0.2) is 4.79 Å². The molecule has 0 radical (unpaired) electrons. The summed E-state index contributed by atoms with van der Waals surface area (Å²) in [5.74, 6) is -0.333. The van der Waals surface area contributed by atoms with Gasteiger partial charge in [0.15, 0.2) is 0 Å². The maximum Gasteiger partial charge on any atom is 0.330 e. The van der Waals surface area contributed by atoms with Gasteiger partial charge in [-0.2, -0.15) is 0 Å². The second-order valence-electron chi connectivity index (χ2n) is 9.44. The SMILES string of the molecule is CCN(CC)Cc1cccc(CN2C[C@@H](C)N(Cc3ccc(C=CC(=O)OC)cc3)[C@@H](C)C2)c1. The van der Waals surface area contributed by atoms with Crippen LogP contribution in [0.4, 0.5) is 0 Å². The summed E-state index contributed by atoms with van der Waals surface area (Å²) in [6, 6.07) is 18.5. The van der Waals surface area contributed by atoms with Crippen molar-refractivity contribution in [2.75, 3.05) is 33.3 Å². The van der Waals surface area contributed by atoms with Crippen molar-refractivity contribution in [3.8, 4) is 0 Å². The Morgan fingerprint density at radius 1 is 0.971 bits per heavy atom. The summed E-state index contributed by atoms with van der Waals surface area (Å²) in [5, 5.41) is 0. The Balaban J connectivity index is 1.56. The van der Waals surface area contributed by atoms with Crippen molar-refractivity contribution >= 4 is 12.0 Å². The van der Waals surface area contributed by atoms with Crippen LogP contribution in [0.25, 0.3) is 6.08 Å². The van der Waals surface area contributed by atoms with Crippen molar-refractivity contribution in [3.63, 3.8) is 0 Å². The summed E-state index contributed by atoms with van der Waals surface area (Å²) in [6.45, 7) is 16.4. The van der Waals surface area contributed by atoms with Crippen molar-refractivity contribution in [2.45, 2.75) is 59.4 Å². The number of benzene rings is 2. The number of hydrogen-bond acceptors (Lipinski definition) is 5. The summed E-state index contributed by atoms with van der Waals surface area (Å²) in [5.41, 5.74) is 5.12. The average Bonchev–Trinajstić information content (AvgIpc) is 2.84. The predicted octanol–water partition coefficient (Wildman–Crippen LogP) is 4.81. The number of esters is 1. The minimum atomic E-state index is -0.333. The number of methoxy groups -OCH3 is 1. The number of nitrogens with zero attached hydrogens (tertiary/aromatic N) is 3. The van der Waals surface area contributed by atoms with E-state index in [1.54, 1.807) is 6.08 Å². The van der Waals surface area contributed by atoms with E-state index in [2.05, 4.69) is 95.7 Å². The molecule has 0 N–H and O–H groups in total. The summed E-state index contributed by atoms with van der Waals surface area (Å²) < 4.78 is 4.66. The minimum absolute atomic E-state index is 0.333. The molecule has 1 aliphatic heterocycles. The van der Waals surface area contributed by atoms with Crippen LogP contribution in [0.2, 0.25) is 0 Å². The molecule has 0 amide bonds. The van der Waals surface area contributed by atoms with Gasteiger partial charge in [0, 0.05) is 50.9 Å². The van der Waals surface area contributed by atoms with Crippen LogP contribution >= 0.6 is 0 Å². The highest BCUT2D eigenvalue weighted by Crippen LogP contribution is 2.21. The van der Waals surface area contributed by atoms with Crippen molar-refractivity contribution < 1.29 is 9.53 Å². The fourth-order valence-corrected chi connectivity index (χ4v) is 4.87. The number of carbonyl (C=O) groups is 1. The number of ether oxygens (including phenoxy) is 1. The van der Waals surface area contributed by atoms with E-state index < -0.39 is 0 Å².